The number of amides is 4. The van der Waals surface area contributed by atoms with Crippen LogP contribution in [-0.4, -0.2) is 78.5 Å². The van der Waals surface area contributed by atoms with Gasteiger partial charge in [0.05, 0.1) is 22.3 Å². The fourth-order valence-electron chi connectivity index (χ4n) is 11.4. The van der Waals surface area contributed by atoms with Crippen LogP contribution in [0.3, 0.4) is 0 Å². The van der Waals surface area contributed by atoms with Crippen LogP contribution in [0.25, 0.3) is 44.4 Å². The second kappa shape index (κ2) is 24.2. The molecule has 14 nitrogen and oxygen atoms in total. The summed E-state index contributed by atoms with van der Waals surface area (Å²) in [6.07, 6.45) is 16.3. The molecule has 0 fully saturated rings. The summed E-state index contributed by atoms with van der Waals surface area (Å²) in [6.45, 7) is 9.99. The van der Waals surface area contributed by atoms with Gasteiger partial charge >= 0.3 is 0 Å². The molecule has 3 N–H and O–H groups in total. The minimum atomic E-state index is -2.67. The molecule has 82 heavy (non-hydrogen) atoms. The van der Waals surface area contributed by atoms with E-state index in [4.69, 9.17) is 9.41 Å². The van der Waals surface area contributed by atoms with Gasteiger partial charge in [-0.3, -0.25) is 29.8 Å². The first-order valence-corrected chi connectivity index (χ1v) is 29.2. The highest BCUT2D eigenvalue weighted by Crippen LogP contribution is 2.39. The highest BCUT2D eigenvalue weighted by atomic mass is 28.4. The molecule has 15 heteroatoms. The summed E-state index contributed by atoms with van der Waals surface area (Å²) in [7, 11) is -2.67. The van der Waals surface area contributed by atoms with Crippen molar-refractivity contribution in [2.24, 2.45) is 0 Å². The second-order valence-electron chi connectivity index (χ2n) is 21.3. The van der Waals surface area contributed by atoms with Crippen molar-refractivity contribution in [3.05, 3.63) is 241 Å². The molecule has 2 aliphatic rings. The van der Waals surface area contributed by atoms with E-state index in [9.17, 15) is 24.3 Å². The minimum Gasteiger partial charge on any atom is -0.407 e. The summed E-state index contributed by atoms with van der Waals surface area (Å²) >= 11 is 0. The van der Waals surface area contributed by atoms with Gasteiger partial charge in [0.15, 0.2) is 0 Å². The molecule has 0 unspecified atom stereocenters. The molecule has 12 rings (SSSR count). The fourth-order valence-corrected chi connectivity index (χ4v) is 16.0. The second-order valence-corrected chi connectivity index (χ2v) is 25.7. The molecule has 0 saturated carbocycles. The summed E-state index contributed by atoms with van der Waals surface area (Å²) in [4.78, 5) is 61.5. The first-order valence-electron chi connectivity index (χ1n) is 27.3. The number of fused-ring (bicyclic) bond motifs is 2. The van der Waals surface area contributed by atoms with Crippen LogP contribution in [0.1, 0.15) is 74.4 Å². The van der Waals surface area contributed by atoms with Gasteiger partial charge in [-0.05, 0) is 75.8 Å². The standard InChI is InChI=1S/C41H40N4O3Si.C25H22N4O3.CH4/c1-41(2,3)49(32-17-9-5-10-18-32,33-19-11-6-12-20-33)48-26-14-24-45-29-35(34-21-13-23-42-38(34)45)37-36(39(46)43-40(37)47)31-22-25-44(28-31)27-30-15-7-4-8-16-30;30-13-5-11-29-16-20(19-8-4-10-26-23(19)29)22-21(24(31)27-25(22)32)18-9-12-28(15-18)14-17-6-2-1-3-7-17;/h4-13,15-23,25,28-29H,14,24,26-27H2,1-3H3,(H,43,46,47);1-4,6-10,12,15-16,30H,5,11,13-14H2,(H,27,31,32);1H4. The van der Waals surface area contributed by atoms with Crippen LogP contribution in [0, 0.1) is 0 Å². The van der Waals surface area contributed by atoms with Gasteiger partial charge in [-0.25, -0.2) is 9.97 Å². The maximum atomic E-state index is 13.4. The Balaban J connectivity index is 0.000000197. The Labute approximate surface area is 478 Å². The molecule has 0 radical (unpaired) electrons. The van der Waals surface area contributed by atoms with Crippen molar-refractivity contribution in [3.8, 4) is 0 Å². The van der Waals surface area contributed by atoms with E-state index >= 15 is 0 Å². The maximum Gasteiger partial charge on any atom is 0.261 e. The van der Waals surface area contributed by atoms with Gasteiger partial charge in [-0.15, -0.1) is 0 Å². The van der Waals surface area contributed by atoms with E-state index in [1.54, 1.807) is 12.4 Å². The van der Waals surface area contributed by atoms with Crippen molar-refractivity contribution in [3.63, 3.8) is 0 Å². The molecule has 8 heterocycles. The Hall–Kier alpha value is -9.28. The predicted molar refractivity (Wildman–Crippen MR) is 326 cm³/mol. The molecule has 414 valence electrons. The van der Waals surface area contributed by atoms with Gasteiger partial charge in [0.25, 0.3) is 31.9 Å². The number of imide groups is 2. The number of carbonyl (C=O) groups excluding carboxylic acids is 4. The molecule has 0 bridgehead atoms. The number of nitrogens with one attached hydrogen (secondary N) is 2. The molecule has 0 aliphatic carbocycles. The number of aryl methyl sites for hydroxylation is 2. The molecule has 0 atom stereocenters. The lowest BCUT2D eigenvalue weighted by molar-refractivity contribution is -0.124. The third-order valence-corrected chi connectivity index (χ3v) is 20.0. The lowest BCUT2D eigenvalue weighted by Crippen LogP contribution is -2.66. The van der Waals surface area contributed by atoms with E-state index in [0.29, 0.717) is 83.8 Å². The molecule has 0 saturated heterocycles. The first-order chi connectivity index (χ1) is 39.4. The molecule has 10 aromatic rings. The molecular weight excluding hydrogens is 1040 g/mol. The van der Waals surface area contributed by atoms with Crippen LogP contribution in [0.5, 0.6) is 0 Å². The number of rotatable bonds is 18. The molecule has 2 aliphatic heterocycles. The average molecular weight is 1110 g/mol. The molecule has 4 aromatic carbocycles. The number of pyridine rings is 2. The number of nitrogens with zero attached hydrogens (tertiary/aromatic N) is 6. The third-order valence-electron chi connectivity index (χ3n) is 15.0. The van der Waals surface area contributed by atoms with Crippen molar-refractivity contribution in [2.75, 3.05) is 13.2 Å². The van der Waals surface area contributed by atoms with E-state index in [1.807, 2.05) is 136 Å². The minimum absolute atomic E-state index is 0. The summed E-state index contributed by atoms with van der Waals surface area (Å²) in [5.74, 6) is -1.59. The molecular formula is C67H66N8O6Si. The molecule has 0 spiro atoms. The van der Waals surface area contributed by atoms with Crippen molar-refractivity contribution in [2.45, 2.75) is 72.3 Å². The van der Waals surface area contributed by atoms with Crippen LogP contribution in [-0.2, 0) is 49.8 Å². The zero-order valence-electron chi connectivity index (χ0n) is 45.5. The number of benzene rings is 4. The zero-order chi connectivity index (χ0) is 56.1. The lowest BCUT2D eigenvalue weighted by atomic mass is 9.98. The van der Waals surface area contributed by atoms with E-state index in [-0.39, 0.29) is 25.0 Å². The van der Waals surface area contributed by atoms with Gasteiger partial charge in [-0.1, -0.05) is 150 Å². The maximum absolute atomic E-state index is 13.4. The summed E-state index contributed by atoms with van der Waals surface area (Å²) in [5, 5.41) is 18.3. The fraction of sp³-hybridized carbons (Fsp3) is 0.194. The predicted octanol–water partition coefficient (Wildman–Crippen LogP) is 9.89. The number of carbonyl (C=O) groups is 4. The highest BCUT2D eigenvalue weighted by Gasteiger charge is 2.50. The van der Waals surface area contributed by atoms with E-state index in [1.165, 1.54) is 10.4 Å². The van der Waals surface area contributed by atoms with E-state index in [0.717, 1.165) is 39.6 Å². The highest BCUT2D eigenvalue weighted by molar-refractivity contribution is 6.99. The average Bonchev–Trinajstić information content (AvgIpc) is 4.34. The van der Waals surface area contributed by atoms with Crippen molar-refractivity contribution in [1.82, 2.24) is 38.9 Å². The van der Waals surface area contributed by atoms with Crippen molar-refractivity contribution in [1.29, 1.82) is 0 Å². The Kier molecular flexibility index (Phi) is 16.5. The van der Waals surface area contributed by atoms with E-state index < -0.39 is 26.0 Å². The Morgan fingerprint density at radius 3 is 1.32 bits per heavy atom. The summed E-state index contributed by atoms with van der Waals surface area (Å²) in [6, 6.07) is 52.8. The Bertz CT molecular complexity index is 3960. The Morgan fingerprint density at radius 1 is 0.500 bits per heavy atom. The van der Waals surface area contributed by atoms with Crippen LogP contribution in [0.2, 0.25) is 5.04 Å². The van der Waals surface area contributed by atoms with E-state index in [2.05, 4.69) is 114 Å². The zero-order valence-corrected chi connectivity index (χ0v) is 46.5. The topological polar surface area (TPSA) is 167 Å². The monoisotopic (exact) mass is 1110 g/mol. The summed E-state index contributed by atoms with van der Waals surface area (Å²) in [5.41, 5.74) is 8.04. The molecule has 4 amide bonds. The third kappa shape index (κ3) is 11.1. The number of aliphatic hydroxyl groups excluding tert-OH is 1. The van der Waals surface area contributed by atoms with Gasteiger partial charge in [0, 0.05) is 122 Å². The quantitative estimate of drug-likeness (QED) is 0.0434. The van der Waals surface area contributed by atoms with Crippen LogP contribution in [0.4, 0.5) is 0 Å². The number of aromatic nitrogens is 6. The normalized spacial score (nSPS) is 13.7. The van der Waals surface area contributed by atoms with Gasteiger partial charge in [0.2, 0.25) is 0 Å². The largest absolute Gasteiger partial charge is 0.407 e. The van der Waals surface area contributed by atoms with Crippen LogP contribution >= 0.6 is 0 Å². The summed E-state index contributed by atoms with van der Waals surface area (Å²) < 4.78 is 15.2. The van der Waals surface area contributed by atoms with Crippen molar-refractivity contribution < 1.29 is 28.7 Å². The van der Waals surface area contributed by atoms with Crippen molar-refractivity contribution >= 4 is 86.7 Å². The van der Waals surface area contributed by atoms with Crippen LogP contribution < -0.4 is 21.0 Å². The molecule has 6 aromatic heterocycles. The van der Waals surface area contributed by atoms with Gasteiger partial charge in [0.1, 0.15) is 11.3 Å². The SMILES string of the molecule is C.CC(C)(C)[Si](OCCCn1cc(C2=C(c3ccn(Cc4ccccc4)c3)C(=O)NC2=O)c2cccnc21)(c1ccccc1)c1ccccc1.O=C1NC(=O)C(c2cn(CCCO)c3ncccc23)=C1c1ccn(Cc2ccccc2)c1. The van der Waals surface area contributed by atoms with Crippen LogP contribution in [0.15, 0.2) is 207 Å². The number of aliphatic hydroxyl groups is 1. The number of hydrogen-bond acceptors (Lipinski definition) is 8. The van der Waals surface area contributed by atoms with Gasteiger partial charge in [-0.2, -0.15) is 0 Å². The smallest absolute Gasteiger partial charge is 0.261 e. The lowest BCUT2D eigenvalue weighted by Gasteiger charge is -2.43. The first kappa shape index (κ1) is 56.0. The Morgan fingerprint density at radius 2 is 0.902 bits per heavy atom. The van der Waals surface area contributed by atoms with Gasteiger partial charge < -0.3 is 27.8 Å². The number of hydrogen-bond donors (Lipinski definition) is 3.